The lowest BCUT2D eigenvalue weighted by molar-refractivity contribution is 0.113. The Morgan fingerprint density at radius 3 is 2.63 bits per heavy atom. The van der Waals surface area contributed by atoms with Crippen LogP contribution in [-0.2, 0) is 6.42 Å². The lowest BCUT2D eigenvalue weighted by atomic mass is 10.3. The molecule has 0 spiro atoms. The van der Waals surface area contributed by atoms with Gasteiger partial charge < -0.3 is 15.5 Å². The van der Waals surface area contributed by atoms with Gasteiger partial charge >= 0.3 is 0 Å². The van der Waals surface area contributed by atoms with Crippen molar-refractivity contribution in [2.24, 2.45) is 0 Å². The lowest BCUT2D eigenvalue weighted by Gasteiger charge is -2.13. The Labute approximate surface area is 118 Å². The Bertz CT molecular complexity index is 402. The van der Waals surface area contributed by atoms with Gasteiger partial charge in [0.1, 0.15) is 16.7 Å². The van der Waals surface area contributed by atoms with E-state index in [1.807, 2.05) is 13.8 Å². The van der Waals surface area contributed by atoms with E-state index in [1.165, 1.54) is 11.8 Å². The number of nitrogens with zero attached hydrogens (tertiary/aromatic N) is 2. The maximum Gasteiger partial charge on any atom is 0.133 e. The monoisotopic (exact) mass is 285 g/mol. The number of nitrogens with one attached hydrogen (secondary N) is 1. The van der Waals surface area contributed by atoms with Crippen molar-refractivity contribution < 1.29 is 10.2 Å². The molecule has 108 valence electrons. The maximum absolute atomic E-state index is 9.42. The van der Waals surface area contributed by atoms with Crippen molar-refractivity contribution in [1.82, 2.24) is 9.97 Å². The second-order valence-electron chi connectivity index (χ2n) is 4.35. The van der Waals surface area contributed by atoms with Crippen LogP contribution in [0.15, 0.2) is 5.03 Å². The molecule has 3 N–H and O–H groups in total. The fourth-order valence-electron chi connectivity index (χ4n) is 1.48. The van der Waals surface area contributed by atoms with Gasteiger partial charge in [0.05, 0.1) is 12.7 Å². The van der Waals surface area contributed by atoms with E-state index in [-0.39, 0.29) is 6.61 Å². The second-order valence-corrected chi connectivity index (χ2v) is 5.36. The van der Waals surface area contributed by atoms with Gasteiger partial charge in [-0.2, -0.15) is 0 Å². The van der Waals surface area contributed by atoms with Crippen LogP contribution in [0.25, 0.3) is 0 Å². The van der Waals surface area contributed by atoms with Crippen LogP contribution < -0.4 is 5.32 Å². The van der Waals surface area contributed by atoms with Crippen LogP contribution in [0.5, 0.6) is 0 Å². The van der Waals surface area contributed by atoms with Gasteiger partial charge in [0.25, 0.3) is 0 Å². The van der Waals surface area contributed by atoms with Crippen molar-refractivity contribution in [3.05, 3.63) is 11.4 Å². The fraction of sp³-hybridized carbons (Fsp3) is 0.692. The van der Waals surface area contributed by atoms with Crippen LogP contribution in [0, 0.1) is 6.92 Å². The lowest BCUT2D eigenvalue weighted by Crippen LogP contribution is -2.15. The standard InChI is InChI=1S/C13H23N3O2S/c1-4-6-14-12-9(3)13(16-11(5-2)15-12)19-8-10(18)7-17/h10,17-18H,4-8H2,1-3H3,(H,14,15,16). The molecule has 0 aliphatic rings. The van der Waals surface area contributed by atoms with Crippen molar-refractivity contribution in [2.45, 2.75) is 44.7 Å². The number of rotatable bonds is 8. The summed E-state index contributed by atoms with van der Waals surface area (Å²) in [6, 6.07) is 0. The third-order valence-electron chi connectivity index (χ3n) is 2.63. The van der Waals surface area contributed by atoms with Crippen LogP contribution in [-0.4, -0.2) is 45.2 Å². The molecule has 5 nitrogen and oxygen atoms in total. The van der Waals surface area contributed by atoms with Gasteiger partial charge in [-0.05, 0) is 13.3 Å². The van der Waals surface area contributed by atoms with E-state index >= 15 is 0 Å². The van der Waals surface area contributed by atoms with E-state index in [1.54, 1.807) is 0 Å². The Balaban J connectivity index is 2.88. The number of aryl methyl sites for hydroxylation is 1. The van der Waals surface area contributed by atoms with Gasteiger partial charge in [0, 0.05) is 24.3 Å². The first-order valence-electron chi connectivity index (χ1n) is 6.65. The molecule has 0 saturated heterocycles. The number of hydrogen-bond donors (Lipinski definition) is 3. The molecule has 0 aliphatic heterocycles. The van der Waals surface area contributed by atoms with E-state index in [0.29, 0.717) is 5.75 Å². The predicted molar refractivity (Wildman–Crippen MR) is 78.7 cm³/mol. The van der Waals surface area contributed by atoms with Crippen LogP contribution in [0.3, 0.4) is 0 Å². The van der Waals surface area contributed by atoms with E-state index in [4.69, 9.17) is 5.11 Å². The number of aliphatic hydroxyl groups excluding tert-OH is 2. The molecule has 0 amide bonds. The molecule has 1 atom stereocenters. The quantitative estimate of drug-likeness (QED) is 0.497. The molecule has 19 heavy (non-hydrogen) atoms. The van der Waals surface area contributed by atoms with Crippen molar-refractivity contribution in [1.29, 1.82) is 0 Å². The highest BCUT2D eigenvalue weighted by Crippen LogP contribution is 2.25. The van der Waals surface area contributed by atoms with Gasteiger partial charge in [0.2, 0.25) is 0 Å². The number of hydrogen-bond acceptors (Lipinski definition) is 6. The first-order valence-corrected chi connectivity index (χ1v) is 7.64. The third-order valence-corrected chi connectivity index (χ3v) is 3.85. The number of aliphatic hydroxyl groups is 2. The molecule has 1 aromatic rings. The molecule has 0 radical (unpaired) electrons. The highest BCUT2D eigenvalue weighted by Gasteiger charge is 2.12. The summed E-state index contributed by atoms with van der Waals surface area (Å²) in [5.74, 6) is 2.10. The summed E-state index contributed by atoms with van der Waals surface area (Å²) in [7, 11) is 0. The average molecular weight is 285 g/mol. The van der Waals surface area contributed by atoms with Crippen molar-refractivity contribution in [3.63, 3.8) is 0 Å². The predicted octanol–water partition coefficient (Wildman–Crippen LogP) is 1.61. The largest absolute Gasteiger partial charge is 0.394 e. The molecular formula is C13H23N3O2S. The van der Waals surface area contributed by atoms with Gasteiger partial charge in [0.15, 0.2) is 0 Å². The molecular weight excluding hydrogens is 262 g/mol. The number of anilines is 1. The Hall–Kier alpha value is -0.850. The number of aromatic nitrogens is 2. The summed E-state index contributed by atoms with van der Waals surface area (Å²) in [4.78, 5) is 8.97. The van der Waals surface area contributed by atoms with Crippen LogP contribution in [0.1, 0.15) is 31.7 Å². The minimum absolute atomic E-state index is 0.224. The van der Waals surface area contributed by atoms with Crippen molar-refractivity contribution in [2.75, 3.05) is 24.2 Å². The highest BCUT2D eigenvalue weighted by atomic mass is 32.2. The summed E-state index contributed by atoms with van der Waals surface area (Å²) in [6.07, 6.45) is 1.10. The summed E-state index contributed by atoms with van der Waals surface area (Å²) >= 11 is 1.46. The molecule has 0 aliphatic carbocycles. The zero-order chi connectivity index (χ0) is 14.3. The van der Waals surface area contributed by atoms with Gasteiger partial charge in [-0.3, -0.25) is 0 Å². The highest BCUT2D eigenvalue weighted by molar-refractivity contribution is 7.99. The SMILES string of the molecule is CCCNc1nc(CC)nc(SCC(O)CO)c1C. The van der Waals surface area contributed by atoms with Crippen molar-refractivity contribution in [3.8, 4) is 0 Å². The molecule has 0 aromatic carbocycles. The molecule has 0 fully saturated rings. The van der Waals surface area contributed by atoms with Gasteiger partial charge in [-0.25, -0.2) is 9.97 Å². The minimum Gasteiger partial charge on any atom is -0.394 e. The zero-order valence-electron chi connectivity index (χ0n) is 11.8. The molecule has 1 unspecified atom stereocenters. The van der Waals surface area contributed by atoms with Gasteiger partial charge in [-0.1, -0.05) is 13.8 Å². The molecule has 0 bridgehead atoms. The first kappa shape index (κ1) is 16.2. The van der Waals surface area contributed by atoms with E-state index in [2.05, 4.69) is 22.2 Å². The van der Waals surface area contributed by atoms with E-state index in [9.17, 15) is 5.11 Å². The normalized spacial score (nSPS) is 12.5. The molecule has 1 aromatic heterocycles. The first-order chi connectivity index (χ1) is 9.12. The minimum atomic E-state index is -0.712. The second kappa shape index (κ2) is 8.35. The van der Waals surface area contributed by atoms with Crippen molar-refractivity contribution >= 4 is 17.6 Å². The summed E-state index contributed by atoms with van der Waals surface area (Å²) in [6.45, 7) is 6.76. The van der Waals surface area contributed by atoms with Crippen LogP contribution in [0.2, 0.25) is 0 Å². The fourth-order valence-corrected chi connectivity index (χ4v) is 2.42. The maximum atomic E-state index is 9.42. The van der Waals surface area contributed by atoms with E-state index in [0.717, 1.165) is 41.6 Å². The zero-order valence-corrected chi connectivity index (χ0v) is 12.6. The Kier molecular flexibility index (Phi) is 7.12. The molecule has 6 heteroatoms. The summed E-state index contributed by atoms with van der Waals surface area (Å²) in [5, 5.41) is 22.4. The Morgan fingerprint density at radius 1 is 1.32 bits per heavy atom. The van der Waals surface area contributed by atoms with Gasteiger partial charge in [-0.15, -0.1) is 11.8 Å². The third kappa shape index (κ3) is 4.97. The number of thioether (sulfide) groups is 1. The molecule has 1 heterocycles. The molecule has 0 saturated carbocycles. The topological polar surface area (TPSA) is 78.3 Å². The summed E-state index contributed by atoms with van der Waals surface area (Å²) in [5.41, 5.74) is 1.00. The Morgan fingerprint density at radius 2 is 2.05 bits per heavy atom. The molecule has 1 rings (SSSR count). The van der Waals surface area contributed by atoms with Crippen LogP contribution in [0.4, 0.5) is 5.82 Å². The average Bonchev–Trinajstić information content (AvgIpc) is 2.44. The summed E-state index contributed by atoms with van der Waals surface area (Å²) < 4.78 is 0. The smallest absolute Gasteiger partial charge is 0.133 e. The van der Waals surface area contributed by atoms with Crippen LogP contribution >= 0.6 is 11.8 Å². The van der Waals surface area contributed by atoms with E-state index < -0.39 is 6.10 Å².